The Morgan fingerprint density at radius 3 is 2.40 bits per heavy atom. The van der Waals surface area contributed by atoms with Crippen molar-refractivity contribution in [1.29, 1.82) is 0 Å². The quantitative estimate of drug-likeness (QED) is 0.248. The number of nitrogens with zero attached hydrogens (tertiary/aromatic N) is 3. The maximum Gasteiger partial charge on any atom is 0.410 e. The van der Waals surface area contributed by atoms with Crippen molar-refractivity contribution in [2.75, 3.05) is 36.8 Å². The molecule has 1 fully saturated rings. The first-order valence-corrected chi connectivity index (χ1v) is 14.8. The molecule has 2 heterocycles. The third kappa shape index (κ3) is 5.85. The van der Waals surface area contributed by atoms with Crippen LogP contribution in [0, 0.1) is 12.7 Å². The third-order valence-electron chi connectivity index (χ3n) is 7.73. The molecule has 5 rings (SSSR count). The molecule has 43 heavy (non-hydrogen) atoms. The van der Waals surface area contributed by atoms with E-state index < -0.39 is 11.4 Å². The van der Waals surface area contributed by atoms with Crippen LogP contribution < -0.4 is 10.6 Å². The molecule has 224 valence electrons. The van der Waals surface area contributed by atoms with E-state index >= 15 is 4.39 Å². The summed E-state index contributed by atoms with van der Waals surface area (Å²) in [7, 11) is 0. The second-order valence-electron chi connectivity index (χ2n) is 11.8. The van der Waals surface area contributed by atoms with E-state index in [0.717, 1.165) is 23.2 Å². The summed E-state index contributed by atoms with van der Waals surface area (Å²) in [6.07, 6.45) is 2.11. The van der Waals surface area contributed by atoms with Crippen LogP contribution in [0.2, 0.25) is 5.02 Å². The van der Waals surface area contributed by atoms with Crippen LogP contribution in [-0.4, -0.2) is 53.6 Å². The summed E-state index contributed by atoms with van der Waals surface area (Å²) in [5.74, 6) is 1.66. The largest absolute Gasteiger partial charge is 0.444 e. The third-order valence-corrected chi connectivity index (χ3v) is 8.05. The van der Waals surface area contributed by atoms with Crippen LogP contribution in [0.15, 0.2) is 60.3 Å². The first-order valence-electron chi connectivity index (χ1n) is 14.4. The standard InChI is InChI=1S/C34H36ClFN4O3/c1-6-22-10-7-9-21(2)32(22)40-23(20-41)17-29(38-13-15-39(16-14-38)33(42)43-34(3,4)5)25-18-27(36)24(19-30(25)40)31-26(35)11-8-12-28(31)37/h7-12,17-19H,6,13-16,37H2,1-5H3. The molecule has 0 unspecified atom stereocenters. The molecule has 0 spiro atoms. The minimum atomic E-state index is -0.598. The maximum absolute atomic E-state index is 16.1. The van der Waals surface area contributed by atoms with E-state index in [-0.39, 0.29) is 11.7 Å². The molecule has 2 aliphatic rings. The van der Waals surface area contributed by atoms with E-state index in [2.05, 4.69) is 17.8 Å². The van der Waals surface area contributed by atoms with Crippen LogP contribution in [0.5, 0.6) is 0 Å². The maximum atomic E-state index is 16.1. The van der Waals surface area contributed by atoms with Gasteiger partial charge in [0.25, 0.3) is 0 Å². The molecule has 3 aromatic carbocycles. The van der Waals surface area contributed by atoms with E-state index in [1.807, 2.05) is 50.8 Å². The van der Waals surface area contributed by atoms with Crippen molar-refractivity contribution < 1.29 is 18.7 Å². The molecular weight excluding hydrogens is 567 g/mol. The number of amides is 1. The molecule has 0 radical (unpaired) electrons. The van der Waals surface area contributed by atoms with Crippen molar-refractivity contribution in [2.24, 2.45) is 0 Å². The highest BCUT2D eigenvalue weighted by Gasteiger charge is 2.34. The number of para-hydroxylation sites is 1. The second-order valence-corrected chi connectivity index (χ2v) is 12.2. The number of hydrogen-bond acceptors (Lipinski definition) is 6. The van der Waals surface area contributed by atoms with Gasteiger partial charge >= 0.3 is 6.09 Å². The van der Waals surface area contributed by atoms with Crippen LogP contribution >= 0.6 is 11.6 Å². The molecule has 0 saturated carbocycles. The van der Waals surface area contributed by atoms with Gasteiger partial charge in [0, 0.05) is 54.3 Å². The van der Waals surface area contributed by atoms with Gasteiger partial charge in [-0.2, -0.15) is 0 Å². The Morgan fingerprint density at radius 1 is 1.07 bits per heavy atom. The SMILES string of the molecule is CCc1cccc(C)c1N1C(=C=O)C=C(N2CCN(C(=O)OC(C)(C)C)CC2)c2cc(F)c(-c3c(N)cccc3Cl)cc21. The van der Waals surface area contributed by atoms with Crippen LogP contribution in [0.25, 0.3) is 16.8 Å². The number of aryl methyl sites for hydroxylation is 2. The van der Waals surface area contributed by atoms with E-state index in [9.17, 15) is 9.59 Å². The van der Waals surface area contributed by atoms with Gasteiger partial charge in [0.15, 0.2) is 5.94 Å². The Bertz CT molecular complexity index is 1640. The van der Waals surface area contributed by atoms with Crippen molar-refractivity contribution in [3.63, 3.8) is 0 Å². The number of benzene rings is 3. The van der Waals surface area contributed by atoms with E-state index in [1.54, 1.807) is 35.2 Å². The lowest BCUT2D eigenvalue weighted by molar-refractivity contribution is 0.0182. The van der Waals surface area contributed by atoms with Crippen molar-refractivity contribution in [1.82, 2.24) is 9.80 Å². The van der Waals surface area contributed by atoms with Gasteiger partial charge in [-0.15, -0.1) is 0 Å². The Balaban J connectivity index is 1.65. The topological polar surface area (TPSA) is 79.1 Å². The summed E-state index contributed by atoms with van der Waals surface area (Å²) in [6.45, 7) is 11.3. The molecule has 0 atom stereocenters. The summed E-state index contributed by atoms with van der Waals surface area (Å²) in [4.78, 5) is 30.9. The van der Waals surface area contributed by atoms with Crippen LogP contribution in [0.3, 0.4) is 0 Å². The number of carbonyl (C=O) groups is 1. The van der Waals surface area contributed by atoms with Gasteiger partial charge in [-0.3, -0.25) is 4.90 Å². The number of allylic oxidation sites excluding steroid dienone is 1. The predicted octanol–water partition coefficient (Wildman–Crippen LogP) is 7.36. The summed E-state index contributed by atoms with van der Waals surface area (Å²) in [5, 5.41) is 0.325. The lowest BCUT2D eigenvalue weighted by Gasteiger charge is -2.41. The zero-order valence-electron chi connectivity index (χ0n) is 25.1. The molecule has 0 aliphatic carbocycles. The van der Waals surface area contributed by atoms with Crippen molar-refractivity contribution in [3.8, 4) is 11.1 Å². The number of fused-ring (bicyclic) bond motifs is 1. The Labute approximate surface area is 257 Å². The Hall–Kier alpha value is -4.26. The lowest BCUT2D eigenvalue weighted by atomic mass is 9.93. The first kappa shape index (κ1) is 30.2. The molecule has 2 N–H and O–H groups in total. The van der Waals surface area contributed by atoms with Gasteiger partial charge in [-0.25, -0.2) is 14.0 Å². The van der Waals surface area contributed by atoms with Gasteiger partial charge in [-0.1, -0.05) is 42.8 Å². The number of nitrogen functional groups attached to an aromatic ring is 1. The zero-order chi connectivity index (χ0) is 31.1. The van der Waals surface area contributed by atoms with Gasteiger partial charge in [-0.05, 0) is 75.6 Å². The van der Waals surface area contributed by atoms with Crippen molar-refractivity contribution >= 4 is 46.4 Å². The second kappa shape index (κ2) is 11.8. The van der Waals surface area contributed by atoms with Crippen LogP contribution in [0.1, 0.15) is 44.4 Å². The predicted molar refractivity (Wildman–Crippen MR) is 171 cm³/mol. The Morgan fingerprint density at radius 2 is 1.77 bits per heavy atom. The molecule has 3 aromatic rings. The monoisotopic (exact) mass is 602 g/mol. The molecule has 2 aliphatic heterocycles. The van der Waals surface area contributed by atoms with E-state index in [1.165, 1.54) is 6.07 Å². The van der Waals surface area contributed by atoms with Gasteiger partial charge in [0.05, 0.1) is 16.4 Å². The minimum absolute atomic E-state index is 0.236. The fourth-order valence-corrected chi connectivity index (χ4v) is 6.01. The number of hydrogen-bond donors (Lipinski definition) is 1. The summed E-state index contributed by atoms with van der Waals surface area (Å²) in [5.41, 5.74) is 11.7. The first-order chi connectivity index (χ1) is 20.4. The number of nitrogens with two attached hydrogens (primary N) is 1. The summed E-state index contributed by atoms with van der Waals surface area (Å²) >= 11 is 6.54. The number of carbonyl (C=O) groups excluding carboxylic acids is 2. The number of halogens is 2. The Kier molecular flexibility index (Phi) is 8.28. The fourth-order valence-electron chi connectivity index (χ4n) is 5.73. The van der Waals surface area contributed by atoms with Gasteiger partial charge in [0.1, 0.15) is 17.1 Å². The smallest absolute Gasteiger partial charge is 0.410 e. The number of piperazine rings is 1. The minimum Gasteiger partial charge on any atom is -0.444 e. The molecular formula is C34H36ClFN4O3. The summed E-state index contributed by atoms with van der Waals surface area (Å²) < 4.78 is 21.6. The average Bonchev–Trinajstić information content (AvgIpc) is 2.96. The number of rotatable bonds is 4. The normalized spacial score (nSPS) is 15.2. The van der Waals surface area contributed by atoms with Crippen LogP contribution in [-0.2, 0) is 16.0 Å². The molecule has 1 saturated heterocycles. The zero-order valence-corrected chi connectivity index (χ0v) is 25.9. The highest BCUT2D eigenvalue weighted by molar-refractivity contribution is 6.34. The molecule has 1 amide bonds. The highest BCUT2D eigenvalue weighted by Crippen LogP contribution is 2.47. The van der Waals surface area contributed by atoms with Crippen molar-refractivity contribution in [2.45, 2.75) is 46.6 Å². The lowest BCUT2D eigenvalue weighted by Crippen LogP contribution is -2.49. The van der Waals surface area contributed by atoms with Crippen molar-refractivity contribution in [3.05, 3.63) is 87.8 Å². The molecule has 0 aromatic heterocycles. The summed E-state index contributed by atoms with van der Waals surface area (Å²) in [6, 6.07) is 14.3. The molecule has 0 bridgehead atoms. The van der Waals surface area contributed by atoms with Gasteiger partial charge < -0.3 is 20.3 Å². The highest BCUT2D eigenvalue weighted by atomic mass is 35.5. The van der Waals surface area contributed by atoms with E-state index in [0.29, 0.717) is 65.1 Å². The fraction of sp³-hybridized carbons (Fsp3) is 0.324. The average molecular weight is 603 g/mol. The molecule has 9 heteroatoms. The van der Waals surface area contributed by atoms with E-state index in [4.69, 9.17) is 22.1 Å². The molecule has 7 nitrogen and oxygen atoms in total. The van der Waals surface area contributed by atoms with Crippen LogP contribution in [0.4, 0.5) is 26.2 Å². The number of ether oxygens (including phenoxy) is 1. The number of anilines is 3. The van der Waals surface area contributed by atoms with Gasteiger partial charge in [0.2, 0.25) is 0 Å².